The van der Waals surface area contributed by atoms with Crippen molar-refractivity contribution in [2.75, 3.05) is 37.0 Å². The summed E-state index contributed by atoms with van der Waals surface area (Å²) in [5, 5.41) is 11.0. The first-order valence-electron chi connectivity index (χ1n) is 6.80. The minimum absolute atomic E-state index is 0.193. The molecule has 1 aliphatic heterocycles. The molecule has 0 aliphatic carbocycles. The number of nitro groups is 1. The number of hydrogen-bond acceptors (Lipinski definition) is 4. The highest BCUT2D eigenvalue weighted by atomic mass is 19.1. The maximum Gasteiger partial charge on any atom is 0.295 e. The number of nitro benzene ring substituents is 1. The molecule has 0 bridgehead atoms. The average molecular weight is 281 g/mol. The van der Waals surface area contributed by atoms with E-state index in [0.717, 1.165) is 32.0 Å². The molecular weight excluding hydrogens is 261 g/mol. The molecule has 1 aliphatic rings. The van der Waals surface area contributed by atoms with E-state index in [2.05, 4.69) is 6.92 Å². The molecule has 1 saturated heterocycles. The summed E-state index contributed by atoms with van der Waals surface area (Å²) in [7, 11) is 3.45. The second-order valence-corrected chi connectivity index (χ2v) is 5.64. The average Bonchev–Trinajstić information content (AvgIpc) is 2.37. The standard InChI is InChI=1S/C14H20FN3O2/c1-10-5-4-6-17(9-10)12-8-13(16(2)3)14(18(19)20)7-11(12)15/h7-8,10H,4-6,9H2,1-3H3. The van der Waals surface area contributed by atoms with Crippen LogP contribution in [-0.4, -0.2) is 32.1 Å². The number of nitrogens with zero attached hydrogens (tertiary/aromatic N) is 3. The second kappa shape index (κ2) is 5.64. The van der Waals surface area contributed by atoms with Crippen LogP contribution in [0.5, 0.6) is 0 Å². The Balaban J connectivity index is 2.43. The van der Waals surface area contributed by atoms with E-state index in [1.54, 1.807) is 25.1 Å². The number of hydrogen-bond donors (Lipinski definition) is 0. The van der Waals surface area contributed by atoms with E-state index in [1.165, 1.54) is 0 Å². The highest BCUT2D eigenvalue weighted by Gasteiger charge is 2.24. The van der Waals surface area contributed by atoms with Gasteiger partial charge in [-0.3, -0.25) is 10.1 Å². The van der Waals surface area contributed by atoms with Crippen molar-refractivity contribution in [3.63, 3.8) is 0 Å². The summed E-state index contributed by atoms with van der Waals surface area (Å²) in [6.45, 7) is 3.73. The molecule has 0 N–H and O–H groups in total. The Morgan fingerprint density at radius 2 is 2.15 bits per heavy atom. The molecule has 0 amide bonds. The van der Waals surface area contributed by atoms with Crippen molar-refractivity contribution in [2.45, 2.75) is 19.8 Å². The van der Waals surface area contributed by atoms with E-state index in [1.807, 2.05) is 4.90 Å². The number of halogens is 1. The number of rotatable bonds is 3. The van der Waals surface area contributed by atoms with Crippen molar-refractivity contribution in [3.05, 3.63) is 28.1 Å². The molecule has 1 heterocycles. The molecule has 1 fully saturated rings. The largest absolute Gasteiger partial charge is 0.372 e. The van der Waals surface area contributed by atoms with E-state index in [-0.39, 0.29) is 5.69 Å². The summed E-state index contributed by atoms with van der Waals surface area (Å²) < 4.78 is 14.2. The Morgan fingerprint density at radius 1 is 1.45 bits per heavy atom. The molecule has 0 radical (unpaired) electrons. The fourth-order valence-electron chi connectivity index (χ4n) is 2.70. The van der Waals surface area contributed by atoms with Gasteiger partial charge in [0.2, 0.25) is 0 Å². The van der Waals surface area contributed by atoms with Crippen LogP contribution in [0.4, 0.5) is 21.5 Å². The number of anilines is 2. The van der Waals surface area contributed by atoms with Gasteiger partial charge >= 0.3 is 0 Å². The van der Waals surface area contributed by atoms with Crippen molar-refractivity contribution in [2.24, 2.45) is 5.92 Å². The van der Waals surface area contributed by atoms with Crippen LogP contribution in [0.2, 0.25) is 0 Å². The highest BCUT2D eigenvalue weighted by Crippen LogP contribution is 2.35. The summed E-state index contributed by atoms with van der Waals surface area (Å²) in [4.78, 5) is 14.1. The van der Waals surface area contributed by atoms with Gasteiger partial charge in [-0.25, -0.2) is 4.39 Å². The van der Waals surface area contributed by atoms with Crippen LogP contribution in [0, 0.1) is 21.8 Å². The van der Waals surface area contributed by atoms with Gasteiger partial charge in [0.05, 0.1) is 16.7 Å². The Hall–Kier alpha value is -1.85. The first kappa shape index (κ1) is 14.6. The van der Waals surface area contributed by atoms with Crippen LogP contribution in [0.3, 0.4) is 0 Å². The van der Waals surface area contributed by atoms with Crippen LogP contribution >= 0.6 is 0 Å². The van der Waals surface area contributed by atoms with Gasteiger partial charge in [0, 0.05) is 27.2 Å². The summed E-state index contributed by atoms with van der Waals surface area (Å²) in [6.07, 6.45) is 2.17. The van der Waals surface area contributed by atoms with Gasteiger partial charge < -0.3 is 9.80 Å². The highest BCUT2D eigenvalue weighted by molar-refractivity contribution is 5.70. The van der Waals surface area contributed by atoms with Crippen molar-refractivity contribution in [1.82, 2.24) is 0 Å². The molecule has 1 aromatic rings. The number of piperidine rings is 1. The smallest absolute Gasteiger partial charge is 0.295 e. The molecule has 0 aromatic heterocycles. The van der Waals surface area contributed by atoms with Gasteiger partial charge in [0.15, 0.2) is 5.82 Å². The molecular formula is C14H20FN3O2. The zero-order chi connectivity index (χ0) is 14.9. The normalized spacial score (nSPS) is 19.0. The van der Waals surface area contributed by atoms with Crippen molar-refractivity contribution >= 4 is 17.1 Å². The summed E-state index contributed by atoms with van der Waals surface area (Å²) in [5.41, 5.74) is 0.705. The summed E-state index contributed by atoms with van der Waals surface area (Å²) >= 11 is 0. The van der Waals surface area contributed by atoms with Crippen molar-refractivity contribution in [1.29, 1.82) is 0 Å². The van der Waals surface area contributed by atoms with E-state index in [0.29, 0.717) is 17.3 Å². The molecule has 5 nitrogen and oxygen atoms in total. The molecule has 2 rings (SSSR count). The Labute approximate surface area is 118 Å². The van der Waals surface area contributed by atoms with Crippen LogP contribution in [0.1, 0.15) is 19.8 Å². The monoisotopic (exact) mass is 281 g/mol. The first-order chi connectivity index (χ1) is 9.40. The van der Waals surface area contributed by atoms with Crippen LogP contribution in [0.15, 0.2) is 12.1 Å². The molecule has 1 aromatic carbocycles. The molecule has 0 saturated carbocycles. The minimum Gasteiger partial charge on any atom is -0.372 e. The maximum atomic E-state index is 14.2. The van der Waals surface area contributed by atoms with E-state index < -0.39 is 10.7 Å². The fourth-order valence-corrected chi connectivity index (χ4v) is 2.70. The summed E-state index contributed by atoms with van der Waals surface area (Å²) in [5.74, 6) is -0.00227. The van der Waals surface area contributed by atoms with E-state index >= 15 is 0 Å². The molecule has 20 heavy (non-hydrogen) atoms. The molecule has 1 unspecified atom stereocenters. The topological polar surface area (TPSA) is 49.6 Å². The van der Waals surface area contributed by atoms with Crippen molar-refractivity contribution in [3.8, 4) is 0 Å². The Morgan fingerprint density at radius 3 is 2.70 bits per heavy atom. The third-order valence-corrected chi connectivity index (χ3v) is 3.72. The van der Waals surface area contributed by atoms with E-state index in [9.17, 15) is 14.5 Å². The van der Waals surface area contributed by atoms with Crippen LogP contribution in [0.25, 0.3) is 0 Å². The lowest BCUT2D eigenvalue weighted by molar-refractivity contribution is -0.384. The first-order valence-corrected chi connectivity index (χ1v) is 6.80. The zero-order valence-corrected chi connectivity index (χ0v) is 12.1. The third-order valence-electron chi connectivity index (χ3n) is 3.72. The quantitative estimate of drug-likeness (QED) is 0.631. The lowest BCUT2D eigenvalue weighted by Gasteiger charge is -2.33. The van der Waals surface area contributed by atoms with Gasteiger partial charge in [0.1, 0.15) is 5.69 Å². The lowest BCUT2D eigenvalue weighted by atomic mass is 9.99. The van der Waals surface area contributed by atoms with Crippen LogP contribution < -0.4 is 9.80 Å². The molecule has 110 valence electrons. The predicted molar refractivity (Wildman–Crippen MR) is 78.0 cm³/mol. The third kappa shape index (κ3) is 2.84. The maximum absolute atomic E-state index is 14.2. The SMILES string of the molecule is CC1CCCN(c2cc(N(C)C)c([N+](=O)[O-])cc2F)C1. The van der Waals surface area contributed by atoms with Crippen LogP contribution in [-0.2, 0) is 0 Å². The summed E-state index contributed by atoms with van der Waals surface area (Å²) in [6, 6.07) is 2.62. The second-order valence-electron chi connectivity index (χ2n) is 5.64. The van der Waals surface area contributed by atoms with Gasteiger partial charge in [-0.15, -0.1) is 0 Å². The Kier molecular flexibility index (Phi) is 4.11. The minimum atomic E-state index is -0.541. The lowest BCUT2D eigenvalue weighted by Crippen LogP contribution is -2.35. The van der Waals surface area contributed by atoms with E-state index in [4.69, 9.17) is 0 Å². The molecule has 0 spiro atoms. The molecule has 6 heteroatoms. The Bertz CT molecular complexity index is 519. The zero-order valence-electron chi connectivity index (χ0n) is 12.1. The molecule has 1 atom stereocenters. The van der Waals surface area contributed by atoms with Gasteiger partial charge in [-0.2, -0.15) is 0 Å². The van der Waals surface area contributed by atoms with Gasteiger partial charge in [0.25, 0.3) is 5.69 Å². The van der Waals surface area contributed by atoms with Crippen molar-refractivity contribution < 1.29 is 9.31 Å². The predicted octanol–water partition coefficient (Wildman–Crippen LogP) is 3.04. The van der Waals surface area contributed by atoms with Gasteiger partial charge in [-0.05, 0) is 24.8 Å². The fraction of sp³-hybridized carbons (Fsp3) is 0.571. The number of benzene rings is 1. The van der Waals surface area contributed by atoms with Gasteiger partial charge in [-0.1, -0.05) is 6.92 Å².